The van der Waals surface area contributed by atoms with Gasteiger partial charge in [0, 0.05) is 11.3 Å². The highest BCUT2D eigenvalue weighted by atomic mass is 16.5. The van der Waals surface area contributed by atoms with Crippen LogP contribution in [0.1, 0.15) is 22.7 Å². The van der Waals surface area contributed by atoms with Gasteiger partial charge in [-0.05, 0) is 66.2 Å². The summed E-state index contributed by atoms with van der Waals surface area (Å²) in [5, 5.41) is 29.8. The van der Waals surface area contributed by atoms with Crippen molar-refractivity contribution in [2.45, 2.75) is 6.04 Å². The van der Waals surface area contributed by atoms with Crippen molar-refractivity contribution < 1.29 is 24.5 Å². The third-order valence-corrected chi connectivity index (χ3v) is 5.29. The number of hydrogen-bond acceptors (Lipinski definition) is 6. The number of carbonyl (C=O) groups is 2. The molecule has 4 rings (SSSR count). The molecule has 7 heteroatoms. The summed E-state index contributed by atoms with van der Waals surface area (Å²) in [7, 11) is 1.52. The number of aliphatic hydroxyl groups is 1. The Morgan fingerprint density at radius 2 is 1.59 bits per heavy atom. The first-order valence-corrected chi connectivity index (χ1v) is 9.69. The Balaban J connectivity index is 1.90. The largest absolute Gasteiger partial charge is 0.508 e. The smallest absolute Gasteiger partial charge is 0.300 e. The molecule has 1 aliphatic rings. The Morgan fingerprint density at radius 3 is 2.16 bits per heavy atom. The third-order valence-electron chi connectivity index (χ3n) is 5.29. The van der Waals surface area contributed by atoms with E-state index >= 15 is 0 Å². The molecule has 1 amide bonds. The van der Waals surface area contributed by atoms with E-state index in [-0.39, 0.29) is 17.1 Å². The van der Waals surface area contributed by atoms with Gasteiger partial charge in [-0.2, -0.15) is 5.26 Å². The molecule has 0 aliphatic carbocycles. The molecule has 2 N–H and O–H groups in total. The van der Waals surface area contributed by atoms with E-state index in [2.05, 4.69) is 0 Å². The van der Waals surface area contributed by atoms with E-state index in [4.69, 9.17) is 10.00 Å². The van der Waals surface area contributed by atoms with Crippen LogP contribution in [0.2, 0.25) is 0 Å². The first kappa shape index (κ1) is 20.7. The molecule has 3 aromatic rings. The van der Waals surface area contributed by atoms with Crippen LogP contribution >= 0.6 is 0 Å². The highest BCUT2D eigenvalue weighted by Crippen LogP contribution is 2.42. The maximum absolute atomic E-state index is 13.1. The van der Waals surface area contributed by atoms with Gasteiger partial charge in [0.25, 0.3) is 11.7 Å². The van der Waals surface area contributed by atoms with Gasteiger partial charge < -0.3 is 14.9 Å². The van der Waals surface area contributed by atoms with E-state index in [1.807, 2.05) is 6.07 Å². The number of amides is 1. The van der Waals surface area contributed by atoms with Crippen LogP contribution < -0.4 is 9.64 Å². The molecule has 1 fully saturated rings. The molecular weight excluding hydrogens is 408 g/mol. The van der Waals surface area contributed by atoms with Gasteiger partial charge in [0.15, 0.2) is 0 Å². The van der Waals surface area contributed by atoms with Crippen LogP contribution in [0.25, 0.3) is 5.76 Å². The number of nitriles is 1. The van der Waals surface area contributed by atoms with Gasteiger partial charge in [0.2, 0.25) is 0 Å². The van der Waals surface area contributed by atoms with Crippen LogP contribution in [0.4, 0.5) is 5.69 Å². The number of rotatable bonds is 4. The molecular formula is C25H18N2O5. The Labute approximate surface area is 184 Å². The Bertz CT molecular complexity index is 1250. The van der Waals surface area contributed by atoms with Crippen LogP contribution in [-0.2, 0) is 9.59 Å². The zero-order valence-corrected chi connectivity index (χ0v) is 17.0. The molecule has 1 saturated heterocycles. The molecule has 3 aromatic carbocycles. The quantitative estimate of drug-likeness (QED) is 0.372. The Kier molecular flexibility index (Phi) is 5.36. The lowest BCUT2D eigenvalue weighted by molar-refractivity contribution is -0.132. The van der Waals surface area contributed by atoms with Crippen LogP contribution in [0.15, 0.2) is 78.4 Å². The van der Waals surface area contributed by atoms with E-state index in [0.29, 0.717) is 28.1 Å². The minimum atomic E-state index is -0.925. The van der Waals surface area contributed by atoms with E-state index in [1.54, 1.807) is 60.7 Å². The van der Waals surface area contributed by atoms with Crippen molar-refractivity contribution in [3.8, 4) is 17.6 Å². The molecule has 1 heterocycles. The summed E-state index contributed by atoms with van der Waals surface area (Å²) in [6, 6.07) is 19.9. The van der Waals surface area contributed by atoms with Crippen molar-refractivity contribution >= 4 is 23.1 Å². The average Bonchev–Trinajstić information content (AvgIpc) is 3.09. The minimum Gasteiger partial charge on any atom is -0.508 e. The number of anilines is 1. The molecule has 7 nitrogen and oxygen atoms in total. The van der Waals surface area contributed by atoms with Crippen LogP contribution in [0, 0.1) is 11.3 Å². The Hall–Kier alpha value is -4.57. The van der Waals surface area contributed by atoms with Gasteiger partial charge in [0.05, 0.1) is 30.4 Å². The van der Waals surface area contributed by atoms with Gasteiger partial charge >= 0.3 is 0 Å². The molecule has 1 unspecified atom stereocenters. The van der Waals surface area contributed by atoms with Crippen molar-refractivity contribution in [3.05, 3.63) is 95.1 Å². The van der Waals surface area contributed by atoms with Gasteiger partial charge in [0.1, 0.15) is 17.3 Å². The molecule has 1 atom stereocenters. The fraction of sp³-hybridized carbons (Fsp3) is 0.0800. The number of ether oxygens (including phenoxy) is 1. The van der Waals surface area contributed by atoms with E-state index < -0.39 is 17.7 Å². The summed E-state index contributed by atoms with van der Waals surface area (Å²) in [6.07, 6.45) is 0. The van der Waals surface area contributed by atoms with Gasteiger partial charge in [-0.25, -0.2) is 0 Å². The predicted molar refractivity (Wildman–Crippen MR) is 117 cm³/mol. The molecule has 32 heavy (non-hydrogen) atoms. The van der Waals surface area contributed by atoms with Crippen molar-refractivity contribution in [2.24, 2.45) is 0 Å². The summed E-state index contributed by atoms with van der Waals surface area (Å²) >= 11 is 0. The van der Waals surface area contributed by atoms with Gasteiger partial charge in [-0.3, -0.25) is 14.5 Å². The number of Topliss-reactive ketones (excluding diaryl/α,β-unsaturated/α-hetero) is 1. The number of ketones is 1. The summed E-state index contributed by atoms with van der Waals surface area (Å²) in [5.74, 6) is -1.35. The second kappa shape index (κ2) is 8.28. The maximum atomic E-state index is 13.1. The van der Waals surface area contributed by atoms with Gasteiger partial charge in [-0.1, -0.05) is 12.1 Å². The summed E-state index contributed by atoms with van der Waals surface area (Å²) < 4.78 is 5.13. The molecule has 0 radical (unpaired) electrons. The van der Waals surface area contributed by atoms with Crippen molar-refractivity contribution in [1.82, 2.24) is 0 Å². The number of benzene rings is 3. The number of phenols is 1. The second-order valence-electron chi connectivity index (χ2n) is 7.15. The number of carbonyl (C=O) groups excluding carboxylic acids is 2. The van der Waals surface area contributed by atoms with E-state index in [0.717, 1.165) is 0 Å². The van der Waals surface area contributed by atoms with E-state index in [9.17, 15) is 19.8 Å². The zero-order valence-electron chi connectivity index (χ0n) is 17.0. The molecule has 0 aromatic heterocycles. The summed E-state index contributed by atoms with van der Waals surface area (Å²) in [6.45, 7) is 0. The fourth-order valence-corrected chi connectivity index (χ4v) is 3.67. The SMILES string of the molecule is COc1ccc(/C(O)=C2\C(=O)C(=O)N(c3ccc(C#N)cc3)C2c2ccc(O)cc2)cc1. The lowest BCUT2D eigenvalue weighted by atomic mass is 9.95. The first-order valence-electron chi connectivity index (χ1n) is 9.69. The molecule has 0 spiro atoms. The van der Waals surface area contributed by atoms with Crippen molar-refractivity contribution in [3.63, 3.8) is 0 Å². The minimum absolute atomic E-state index is 0.0271. The average molecular weight is 426 g/mol. The molecule has 158 valence electrons. The standard InChI is InChI=1S/C25H18N2O5/c1-32-20-12-6-17(7-13-20)23(29)21-22(16-4-10-19(28)11-5-16)27(25(31)24(21)30)18-8-2-15(14-26)3-9-18/h2-13,22,28-29H,1H3/b23-21+. The molecule has 0 saturated carbocycles. The third kappa shape index (κ3) is 3.55. The summed E-state index contributed by atoms with van der Waals surface area (Å²) in [5.41, 5.74) is 1.62. The van der Waals surface area contributed by atoms with Crippen LogP contribution in [0.3, 0.4) is 0 Å². The highest BCUT2D eigenvalue weighted by molar-refractivity contribution is 6.51. The number of methoxy groups -OCH3 is 1. The first-order chi connectivity index (χ1) is 15.4. The Morgan fingerprint density at radius 1 is 0.969 bits per heavy atom. The fourth-order valence-electron chi connectivity index (χ4n) is 3.67. The van der Waals surface area contributed by atoms with Crippen molar-refractivity contribution in [1.29, 1.82) is 5.26 Å². The highest BCUT2D eigenvalue weighted by Gasteiger charge is 2.46. The number of aromatic hydroxyl groups is 1. The maximum Gasteiger partial charge on any atom is 0.300 e. The molecule has 1 aliphatic heterocycles. The summed E-state index contributed by atoms with van der Waals surface area (Å²) in [4.78, 5) is 27.4. The van der Waals surface area contributed by atoms with Crippen molar-refractivity contribution in [2.75, 3.05) is 12.0 Å². The lowest BCUT2D eigenvalue weighted by Gasteiger charge is -2.25. The number of aliphatic hydroxyl groups excluding tert-OH is 1. The normalized spacial score (nSPS) is 17.2. The zero-order chi connectivity index (χ0) is 22.8. The lowest BCUT2D eigenvalue weighted by Crippen LogP contribution is -2.29. The number of phenolic OH excluding ortho intramolecular Hbond substituents is 1. The van der Waals surface area contributed by atoms with Crippen LogP contribution in [0.5, 0.6) is 11.5 Å². The second-order valence-corrected chi connectivity index (χ2v) is 7.15. The van der Waals surface area contributed by atoms with Gasteiger partial charge in [-0.15, -0.1) is 0 Å². The number of nitrogens with zero attached hydrogens (tertiary/aromatic N) is 2. The topological polar surface area (TPSA) is 111 Å². The van der Waals surface area contributed by atoms with Crippen LogP contribution in [-0.4, -0.2) is 29.0 Å². The van der Waals surface area contributed by atoms with E-state index in [1.165, 1.54) is 24.1 Å². The molecule has 0 bridgehead atoms. The number of hydrogen-bond donors (Lipinski definition) is 2. The monoisotopic (exact) mass is 426 g/mol. The predicted octanol–water partition coefficient (Wildman–Crippen LogP) is 3.90.